The molecule has 30 heavy (non-hydrogen) atoms. The number of allylic oxidation sites excluding steroid dienone is 1. The number of ketones is 1. The van der Waals surface area contributed by atoms with Gasteiger partial charge < -0.3 is 4.90 Å². The van der Waals surface area contributed by atoms with Crippen LogP contribution in [-0.4, -0.2) is 18.9 Å². The second kappa shape index (κ2) is 10.4. The second-order valence-electron chi connectivity index (χ2n) is 6.36. The average molecular weight is 418 g/mol. The number of carbonyl (C=O) groups excluding carboxylic acids is 1. The minimum Gasteiger partial charge on any atom is -0.372 e. The van der Waals surface area contributed by atoms with Crippen LogP contribution in [0.25, 0.3) is 0 Å². The maximum atomic E-state index is 13.0. The van der Waals surface area contributed by atoms with Gasteiger partial charge in [0.25, 0.3) is 0 Å². The van der Waals surface area contributed by atoms with Crippen LogP contribution in [0.1, 0.15) is 25.3 Å². The summed E-state index contributed by atoms with van der Waals surface area (Å²) in [5.74, 6) is 0.00690. The van der Waals surface area contributed by atoms with Crippen LogP contribution < -0.4 is 4.90 Å². The van der Waals surface area contributed by atoms with E-state index in [-0.39, 0.29) is 11.5 Å². The van der Waals surface area contributed by atoms with Crippen molar-refractivity contribution in [2.45, 2.75) is 25.9 Å². The molecule has 0 fully saturated rings. The first kappa shape index (κ1) is 22.9. The van der Waals surface area contributed by atoms with Gasteiger partial charge >= 0.3 is 6.18 Å². The number of alkyl halides is 3. The first-order chi connectivity index (χ1) is 14.3. The number of anilines is 1. The van der Waals surface area contributed by atoms with Crippen molar-refractivity contribution in [3.8, 4) is 0 Å². The van der Waals surface area contributed by atoms with E-state index in [1.807, 2.05) is 19.1 Å². The van der Waals surface area contributed by atoms with Crippen LogP contribution in [-0.2, 0) is 11.0 Å². The molecular formula is C21H21F3N4O2. The fraction of sp³-hybridized carbons (Fsp3) is 0.286. The van der Waals surface area contributed by atoms with Gasteiger partial charge in [0.2, 0.25) is 0 Å². The number of hydrogen-bond donors (Lipinski definition) is 0. The number of halogens is 3. The molecule has 0 bridgehead atoms. The highest BCUT2D eigenvalue weighted by Gasteiger charge is 2.34. The molecule has 0 amide bonds. The number of nitroso groups, excluding NO2 is 1. The molecule has 0 radical (unpaired) electrons. The van der Waals surface area contributed by atoms with E-state index in [0.29, 0.717) is 25.1 Å². The van der Waals surface area contributed by atoms with Gasteiger partial charge in [-0.05, 0) is 67.1 Å². The highest BCUT2D eigenvalue weighted by molar-refractivity contribution is 5.88. The van der Waals surface area contributed by atoms with E-state index in [4.69, 9.17) is 0 Å². The van der Waals surface area contributed by atoms with Crippen LogP contribution >= 0.6 is 0 Å². The smallest absolute Gasteiger partial charge is 0.372 e. The number of nitrogens with zero attached hydrogens (tertiary/aromatic N) is 4. The highest BCUT2D eigenvalue weighted by atomic mass is 19.4. The Morgan fingerprint density at radius 3 is 2.30 bits per heavy atom. The summed E-state index contributed by atoms with van der Waals surface area (Å²) in [5, 5.41) is 10.2. The van der Waals surface area contributed by atoms with E-state index in [1.54, 1.807) is 12.1 Å². The number of carbonyl (C=O) groups is 1. The lowest BCUT2D eigenvalue weighted by molar-refractivity contribution is -0.137. The molecule has 0 spiro atoms. The van der Waals surface area contributed by atoms with Crippen LogP contribution in [0.3, 0.4) is 0 Å². The molecule has 0 heterocycles. The minimum atomic E-state index is -4.71. The number of benzene rings is 2. The van der Waals surface area contributed by atoms with Crippen LogP contribution in [0.15, 0.2) is 70.5 Å². The molecular weight excluding hydrogens is 397 g/mol. The molecule has 2 aromatic carbocycles. The third-order valence-electron chi connectivity index (χ3n) is 4.34. The fourth-order valence-electron chi connectivity index (χ4n) is 2.75. The zero-order valence-corrected chi connectivity index (χ0v) is 16.4. The Morgan fingerprint density at radius 1 is 1.10 bits per heavy atom. The Hall–Kier alpha value is -3.36. The Morgan fingerprint density at radius 2 is 1.73 bits per heavy atom. The van der Waals surface area contributed by atoms with Gasteiger partial charge in [-0.15, -0.1) is 4.91 Å². The van der Waals surface area contributed by atoms with Crippen molar-refractivity contribution >= 4 is 28.5 Å². The summed E-state index contributed by atoms with van der Waals surface area (Å²) in [6.45, 7) is 6.91. The first-order valence-electron chi connectivity index (χ1n) is 9.25. The summed E-state index contributed by atoms with van der Waals surface area (Å²) in [5.41, 5.74) is -0.495. The molecule has 2 aromatic rings. The molecule has 0 aliphatic carbocycles. The molecule has 0 N–H and O–H groups in total. The van der Waals surface area contributed by atoms with E-state index in [2.05, 4.69) is 26.9 Å². The summed E-state index contributed by atoms with van der Waals surface area (Å²) >= 11 is 0. The number of rotatable bonds is 10. The topological polar surface area (TPSA) is 74.5 Å². The molecule has 0 saturated carbocycles. The monoisotopic (exact) mass is 418 g/mol. The first-order valence-corrected chi connectivity index (χ1v) is 9.25. The SMILES string of the molecule is C=CC(=O)CCCN(CC)c1ccc(N=Nc2ccc(N=O)c(C(F)(F)F)c2)cc1. The van der Waals surface area contributed by atoms with Crippen molar-refractivity contribution in [2.24, 2.45) is 15.4 Å². The predicted octanol–water partition coefficient (Wildman–Crippen LogP) is 6.88. The lowest BCUT2D eigenvalue weighted by Gasteiger charge is -2.22. The van der Waals surface area contributed by atoms with E-state index in [1.165, 1.54) is 12.1 Å². The maximum Gasteiger partial charge on any atom is 0.418 e. The molecule has 0 aliphatic heterocycles. The van der Waals surface area contributed by atoms with Crippen molar-refractivity contribution in [3.63, 3.8) is 0 Å². The van der Waals surface area contributed by atoms with Gasteiger partial charge in [0.1, 0.15) is 5.69 Å². The molecule has 9 heteroatoms. The van der Waals surface area contributed by atoms with Crippen LogP contribution in [0.5, 0.6) is 0 Å². The van der Waals surface area contributed by atoms with E-state index < -0.39 is 17.4 Å². The maximum absolute atomic E-state index is 13.0. The fourth-order valence-corrected chi connectivity index (χ4v) is 2.75. The summed E-state index contributed by atoms with van der Waals surface area (Å²) in [6, 6.07) is 9.99. The summed E-state index contributed by atoms with van der Waals surface area (Å²) in [7, 11) is 0. The molecule has 0 saturated heterocycles. The van der Waals surface area contributed by atoms with E-state index in [0.717, 1.165) is 24.4 Å². The van der Waals surface area contributed by atoms with E-state index in [9.17, 15) is 22.9 Å². The number of hydrogen-bond acceptors (Lipinski definition) is 6. The Bertz CT molecular complexity index is 925. The van der Waals surface area contributed by atoms with Crippen molar-refractivity contribution in [1.82, 2.24) is 0 Å². The molecule has 0 aliphatic rings. The molecule has 2 rings (SSSR count). The zero-order valence-electron chi connectivity index (χ0n) is 16.4. The van der Waals surface area contributed by atoms with Crippen molar-refractivity contribution < 1.29 is 18.0 Å². The van der Waals surface area contributed by atoms with Crippen molar-refractivity contribution in [1.29, 1.82) is 0 Å². The molecule has 0 aromatic heterocycles. The van der Waals surface area contributed by atoms with Gasteiger partial charge in [0.05, 0.1) is 16.9 Å². The van der Waals surface area contributed by atoms with Gasteiger partial charge in [0.15, 0.2) is 5.78 Å². The highest BCUT2D eigenvalue weighted by Crippen LogP contribution is 2.38. The van der Waals surface area contributed by atoms with Crippen molar-refractivity contribution in [2.75, 3.05) is 18.0 Å². The summed E-state index contributed by atoms with van der Waals surface area (Å²) in [4.78, 5) is 24.0. The van der Waals surface area contributed by atoms with Crippen molar-refractivity contribution in [3.05, 3.63) is 65.6 Å². The molecule has 0 atom stereocenters. The Labute approximate surface area is 172 Å². The summed E-state index contributed by atoms with van der Waals surface area (Å²) in [6.07, 6.45) is -2.26. The third-order valence-corrected chi connectivity index (χ3v) is 4.34. The average Bonchev–Trinajstić information content (AvgIpc) is 2.74. The Balaban J connectivity index is 2.09. The normalized spacial score (nSPS) is 11.5. The van der Waals surface area contributed by atoms with E-state index >= 15 is 0 Å². The lowest BCUT2D eigenvalue weighted by Crippen LogP contribution is -2.24. The zero-order chi connectivity index (χ0) is 22.1. The predicted molar refractivity (Wildman–Crippen MR) is 110 cm³/mol. The minimum absolute atomic E-state index is 0.00690. The quantitative estimate of drug-likeness (QED) is 0.240. The Kier molecular flexibility index (Phi) is 7.97. The largest absolute Gasteiger partial charge is 0.418 e. The summed E-state index contributed by atoms with van der Waals surface area (Å²) < 4.78 is 39.0. The molecule has 158 valence electrons. The van der Waals surface area contributed by atoms with Crippen LogP contribution in [0, 0.1) is 4.91 Å². The molecule has 0 unspecified atom stereocenters. The second-order valence-corrected chi connectivity index (χ2v) is 6.36. The van der Waals surface area contributed by atoms with Crippen LogP contribution in [0.4, 0.5) is 35.9 Å². The molecule has 6 nitrogen and oxygen atoms in total. The van der Waals surface area contributed by atoms with Crippen LogP contribution in [0.2, 0.25) is 0 Å². The van der Waals surface area contributed by atoms with Gasteiger partial charge in [-0.1, -0.05) is 6.58 Å². The number of azo groups is 1. The standard InChI is InChI=1S/C21H21F3N4O2/c1-3-18(29)6-5-13-28(4-2)17-10-7-15(8-11-17)25-26-16-9-12-20(27-30)19(14-16)21(22,23)24/h3,7-12,14H,1,4-6,13H2,2H3. The van der Waals surface area contributed by atoms with Gasteiger partial charge in [-0.25, -0.2) is 0 Å². The van der Waals surface area contributed by atoms with Gasteiger partial charge in [0, 0.05) is 25.2 Å². The van der Waals surface area contributed by atoms with Gasteiger partial charge in [-0.3, -0.25) is 4.79 Å². The lowest BCUT2D eigenvalue weighted by atomic mass is 10.1. The van der Waals surface area contributed by atoms with Gasteiger partial charge in [-0.2, -0.15) is 23.4 Å². The third kappa shape index (κ3) is 6.33.